The zero-order valence-corrected chi connectivity index (χ0v) is 21.2. The molecule has 2 fully saturated rings. The van der Waals surface area contributed by atoms with Crippen molar-refractivity contribution in [2.45, 2.75) is 51.5 Å². The molecule has 2 heterocycles. The molecular formula is C25H31ClFN5O4. The summed E-state index contributed by atoms with van der Waals surface area (Å²) in [5, 5.41) is 2.88. The van der Waals surface area contributed by atoms with Crippen LogP contribution in [0.15, 0.2) is 18.5 Å². The summed E-state index contributed by atoms with van der Waals surface area (Å²) in [6.07, 6.45) is 5.50. The Kier molecular flexibility index (Phi) is 7.65. The Morgan fingerprint density at radius 1 is 1.31 bits per heavy atom. The maximum absolute atomic E-state index is 13.9. The van der Waals surface area contributed by atoms with Gasteiger partial charge in [0.05, 0.1) is 23.6 Å². The smallest absolute Gasteiger partial charge is 0.272 e. The van der Waals surface area contributed by atoms with Crippen molar-refractivity contribution < 1.29 is 23.5 Å². The number of nitrogens with one attached hydrogen (secondary N) is 1. The second-order valence-corrected chi connectivity index (χ2v) is 9.99. The Morgan fingerprint density at radius 3 is 2.69 bits per heavy atom. The molecule has 194 valence electrons. The minimum atomic E-state index is -0.731. The van der Waals surface area contributed by atoms with Crippen LogP contribution in [0.2, 0.25) is 5.02 Å². The first-order valence-electron chi connectivity index (χ1n) is 12.1. The topological polar surface area (TPSA) is 120 Å². The van der Waals surface area contributed by atoms with E-state index in [4.69, 9.17) is 22.1 Å². The Labute approximate surface area is 214 Å². The van der Waals surface area contributed by atoms with Gasteiger partial charge in [0.1, 0.15) is 11.5 Å². The zero-order chi connectivity index (χ0) is 26.0. The molecule has 0 radical (unpaired) electrons. The molecule has 1 saturated carbocycles. The summed E-state index contributed by atoms with van der Waals surface area (Å²) in [5.41, 5.74) is 6.11. The van der Waals surface area contributed by atoms with E-state index in [1.807, 2.05) is 0 Å². The average Bonchev–Trinajstić information content (AvgIpc) is 3.30. The number of nitrogens with zero attached hydrogens (tertiary/aromatic N) is 3. The Balaban J connectivity index is 1.52. The van der Waals surface area contributed by atoms with Crippen LogP contribution in [0.25, 0.3) is 0 Å². The van der Waals surface area contributed by atoms with Gasteiger partial charge in [0, 0.05) is 31.7 Å². The van der Waals surface area contributed by atoms with E-state index in [0.29, 0.717) is 50.1 Å². The van der Waals surface area contributed by atoms with Crippen LogP contribution in [0.3, 0.4) is 0 Å². The van der Waals surface area contributed by atoms with Gasteiger partial charge in [0.2, 0.25) is 5.91 Å². The van der Waals surface area contributed by atoms with E-state index < -0.39 is 23.0 Å². The predicted octanol–water partition coefficient (Wildman–Crippen LogP) is 3.39. The molecule has 0 atom stereocenters. The predicted molar refractivity (Wildman–Crippen MR) is 133 cm³/mol. The van der Waals surface area contributed by atoms with Gasteiger partial charge in [0.25, 0.3) is 11.8 Å². The van der Waals surface area contributed by atoms with E-state index >= 15 is 0 Å². The fraction of sp³-hybridized carbons (Fsp3) is 0.520. The fourth-order valence-electron chi connectivity index (χ4n) is 5.44. The second kappa shape index (κ2) is 10.6. The molecule has 1 saturated heterocycles. The monoisotopic (exact) mass is 519 g/mol. The maximum Gasteiger partial charge on any atom is 0.272 e. The molecule has 9 nitrogen and oxygen atoms in total. The molecule has 0 unspecified atom stereocenters. The molecule has 1 aliphatic heterocycles. The van der Waals surface area contributed by atoms with E-state index in [0.717, 1.165) is 12.8 Å². The van der Waals surface area contributed by atoms with Crippen molar-refractivity contribution in [1.29, 1.82) is 0 Å². The van der Waals surface area contributed by atoms with Crippen LogP contribution in [-0.4, -0.2) is 54.1 Å². The van der Waals surface area contributed by atoms with Crippen molar-refractivity contribution in [1.82, 2.24) is 14.9 Å². The third-order valence-electron chi connectivity index (χ3n) is 7.39. The summed E-state index contributed by atoms with van der Waals surface area (Å²) in [4.78, 5) is 44.4. The molecule has 1 spiro atoms. The lowest BCUT2D eigenvalue weighted by atomic mass is 9.67. The number of primary amides is 1. The number of anilines is 1. The first kappa shape index (κ1) is 26.1. The van der Waals surface area contributed by atoms with Crippen molar-refractivity contribution in [3.8, 4) is 0 Å². The number of methoxy groups -OCH3 is 1. The Bertz CT molecular complexity index is 1180. The highest BCUT2D eigenvalue weighted by molar-refractivity contribution is 6.34. The van der Waals surface area contributed by atoms with Gasteiger partial charge in [0.15, 0.2) is 5.69 Å². The number of rotatable bonds is 7. The standard InChI is InChI=1S/C25H31ClFN5O4/c1-15-12-19(17(26)13-18(15)27)31-10-3-6-25(24(31)35)7-4-16(5-8-25)32-14-30-20(21(32)22(28)33)23(34)29-9-11-36-2/h12-14,16H,3-11H2,1-2H3,(H2,28,33)(H,29,34). The molecule has 3 amide bonds. The third kappa shape index (κ3) is 4.84. The Morgan fingerprint density at radius 2 is 2.03 bits per heavy atom. The van der Waals surface area contributed by atoms with E-state index in [9.17, 15) is 18.8 Å². The maximum atomic E-state index is 13.9. The number of aryl methyl sites for hydroxylation is 1. The molecule has 36 heavy (non-hydrogen) atoms. The van der Waals surface area contributed by atoms with Crippen LogP contribution < -0.4 is 16.0 Å². The normalized spacial score (nSPS) is 22.2. The summed E-state index contributed by atoms with van der Waals surface area (Å²) in [6, 6.07) is 2.76. The van der Waals surface area contributed by atoms with Crippen LogP contribution in [-0.2, 0) is 9.53 Å². The number of carbonyl (C=O) groups excluding carboxylic acids is 3. The number of hydrogen-bond donors (Lipinski definition) is 2. The van der Waals surface area contributed by atoms with E-state index in [-0.39, 0.29) is 34.9 Å². The molecule has 3 N–H and O–H groups in total. The fourth-order valence-corrected chi connectivity index (χ4v) is 5.70. The van der Waals surface area contributed by atoms with Gasteiger partial charge in [-0.1, -0.05) is 11.6 Å². The number of benzene rings is 1. The largest absolute Gasteiger partial charge is 0.383 e. The van der Waals surface area contributed by atoms with Crippen molar-refractivity contribution >= 4 is 35.0 Å². The number of halogens is 2. The van der Waals surface area contributed by atoms with E-state index in [1.54, 1.807) is 22.5 Å². The average molecular weight is 520 g/mol. The highest BCUT2D eigenvalue weighted by Gasteiger charge is 2.47. The minimum Gasteiger partial charge on any atom is -0.383 e. The van der Waals surface area contributed by atoms with Crippen molar-refractivity contribution in [2.24, 2.45) is 11.1 Å². The van der Waals surface area contributed by atoms with Crippen LogP contribution in [0.5, 0.6) is 0 Å². The number of hydrogen-bond acceptors (Lipinski definition) is 5. The van der Waals surface area contributed by atoms with Gasteiger partial charge < -0.3 is 25.3 Å². The summed E-state index contributed by atoms with van der Waals surface area (Å²) < 4.78 is 20.5. The lowest BCUT2D eigenvalue weighted by molar-refractivity contribution is -0.133. The number of imidazole rings is 1. The lowest BCUT2D eigenvalue weighted by Gasteiger charge is -2.46. The van der Waals surface area contributed by atoms with Gasteiger partial charge in [-0.05, 0) is 63.1 Å². The van der Waals surface area contributed by atoms with Crippen LogP contribution in [0.4, 0.5) is 10.1 Å². The van der Waals surface area contributed by atoms with Gasteiger partial charge in [-0.25, -0.2) is 9.37 Å². The van der Waals surface area contributed by atoms with Gasteiger partial charge in [-0.15, -0.1) is 0 Å². The van der Waals surface area contributed by atoms with Crippen LogP contribution in [0, 0.1) is 18.2 Å². The van der Waals surface area contributed by atoms with Crippen LogP contribution in [0.1, 0.15) is 71.1 Å². The van der Waals surface area contributed by atoms with Crippen molar-refractivity contribution in [3.05, 3.63) is 46.3 Å². The van der Waals surface area contributed by atoms with Crippen molar-refractivity contribution in [2.75, 3.05) is 31.7 Å². The molecule has 1 aliphatic carbocycles. The summed E-state index contributed by atoms with van der Waals surface area (Å²) in [6.45, 7) is 2.79. The summed E-state index contributed by atoms with van der Waals surface area (Å²) in [5.74, 6) is -1.62. The molecule has 1 aromatic heterocycles. The van der Waals surface area contributed by atoms with Gasteiger partial charge in [-0.2, -0.15) is 0 Å². The molecule has 2 aromatic rings. The molecule has 0 bridgehead atoms. The lowest BCUT2D eigenvalue weighted by Crippen LogP contribution is -2.50. The van der Waals surface area contributed by atoms with E-state index in [2.05, 4.69) is 10.3 Å². The highest BCUT2D eigenvalue weighted by Crippen LogP contribution is 2.49. The number of ether oxygens (including phenoxy) is 1. The van der Waals surface area contributed by atoms with Gasteiger partial charge in [-0.3, -0.25) is 14.4 Å². The second-order valence-electron chi connectivity index (χ2n) is 9.59. The number of nitrogens with two attached hydrogens (primary N) is 1. The third-order valence-corrected chi connectivity index (χ3v) is 7.70. The summed E-state index contributed by atoms with van der Waals surface area (Å²) >= 11 is 6.32. The van der Waals surface area contributed by atoms with Gasteiger partial charge >= 0.3 is 0 Å². The van der Waals surface area contributed by atoms with E-state index in [1.165, 1.54) is 19.5 Å². The molecule has 1 aromatic carbocycles. The quantitative estimate of drug-likeness (QED) is 0.543. The molecule has 11 heteroatoms. The SMILES string of the molecule is COCCNC(=O)c1ncn(C2CCC3(CCCN(c4cc(C)c(F)cc4Cl)C3=O)CC2)c1C(N)=O. The molecule has 4 rings (SSSR count). The summed E-state index contributed by atoms with van der Waals surface area (Å²) in [7, 11) is 1.52. The van der Waals surface area contributed by atoms with Crippen LogP contribution >= 0.6 is 11.6 Å². The van der Waals surface area contributed by atoms with Crippen molar-refractivity contribution in [3.63, 3.8) is 0 Å². The zero-order valence-electron chi connectivity index (χ0n) is 20.5. The Hall–Kier alpha value is -2.98. The minimum absolute atomic E-state index is 0.000858. The molecule has 2 aliphatic rings. The number of carbonyl (C=O) groups is 3. The number of aromatic nitrogens is 2. The molecular weight excluding hydrogens is 489 g/mol. The first-order chi connectivity index (χ1) is 17.2. The highest BCUT2D eigenvalue weighted by atomic mass is 35.5. The first-order valence-corrected chi connectivity index (χ1v) is 12.5. The number of amides is 3. The number of piperidine rings is 1.